The molecule has 0 saturated carbocycles. The number of piperidine rings is 1. The summed E-state index contributed by atoms with van der Waals surface area (Å²) in [6.07, 6.45) is 5.70. The first kappa shape index (κ1) is 17.5. The van der Waals surface area contributed by atoms with Gasteiger partial charge >= 0.3 is 0 Å². The van der Waals surface area contributed by atoms with Crippen LogP contribution in [0.2, 0.25) is 5.02 Å². The van der Waals surface area contributed by atoms with Crippen molar-refractivity contribution in [3.05, 3.63) is 51.1 Å². The third-order valence-corrected chi connectivity index (χ3v) is 6.02. The van der Waals surface area contributed by atoms with Gasteiger partial charge in [0.15, 0.2) is 5.82 Å². The summed E-state index contributed by atoms with van der Waals surface area (Å²) < 4.78 is 2.04. The molecule has 1 aliphatic rings. The molecule has 1 N–H and O–H groups in total. The zero-order valence-corrected chi connectivity index (χ0v) is 16.4. The molecule has 134 valence electrons. The van der Waals surface area contributed by atoms with Crippen molar-refractivity contribution in [2.24, 2.45) is 5.10 Å². The van der Waals surface area contributed by atoms with Crippen LogP contribution in [0.25, 0.3) is 11.4 Å². The van der Waals surface area contributed by atoms with E-state index < -0.39 is 0 Å². The fourth-order valence-electron chi connectivity index (χ4n) is 3.03. The minimum atomic E-state index is 0.434. The lowest BCUT2D eigenvalue weighted by Gasteiger charge is -2.27. The van der Waals surface area contributed by atoms with Gasteiger partial charge in [-0.25, -0.2) is 5.10 Å². The number of H-pyrrole nitrogens is 1. The minimum absolute atomic E-state index is 0.434. The topological polar surface area (TPSA) is 49.2 Å². The van der Waals surface area contributed by atoms with Crippen LogP contribution in [0.5, 0.6) is 0 Å². The summed E-state index contributed by atoms with van der Waals surface area (Å²) in [6.45, 7) is 2.28. The highest BCUT2D eigenvalue weighted by Gasteiger charge is 2.13. The summed E-state index contributed by atoms with van der Waals surface area (Å²) >= 11 is 13.4. The van der Waals surface area contributed by atoms with E-state index in [1.54, 1.807) is 16.0 Å². The average Bonchev–Trinajstić information content (AvgIpc) is 3.28. The number of anilines is 1. The Labute approximate surface area is 165 Å². The van der Waals surface area contributed by atoms with Gasteiger partial charge in [-0.05, 0) is 55.7 Å². The molecular weight excluding hydrogens is 386 g/mol. The van der Waals surface area contributed by atoms with Crippen molar-refractivity contribution < 1.29 is 0 Å². The van der Waals surface area contributed by atoms with Gasteiger partial charge in [-0.1, -0.05) is 23.7 Å². The standard InChI is InChI=1S/C18H18ClN5S2/c19-15-7-3-2-6-14(15)17-21-22-18(25)24(17)20-12-13-8-9-16(26-13)23-10-4-1-5-11-23/h2-3,6-9,12H,1,4-5,10-11H2,(H,22,25)/b20-12-. The van der Waals surface area contributed by atoms with Crippen molar-refractivity contribution in [1.82, 2.24) is 14.9 Å². The Morgan fingerprint density at radius 2 is 1.96 bits per heavy atom. The molecule has 0 amide bonds. The second-order valence-electron chi connectivity index (χ2n) is 6.11. The molecule has 4 rings (SSSR count). The van der Waals surface area contributed by atoms with Gasteiger partial charge in [-0.2, -0.15) is 14.9 Å². The highest BCUT2D eigenvalue weighted by atomic mass is 35.5. The van der Waals surface area contributed by atoms with Crippen LogP contribution in [0.15, 0.2) is 41.5 Å². The number of benzene rings is 1. The van der Waals surface area contributed by atoms with E-state index in [4.69, 9.17) is 23.8 Å². The molecule has 3 aromatic rings. The number of hydrogen-bond donors (Lipinski definition) is 1. The number of nitrogens with zero attached hydrogens (tertiary/aromatic N) is 4. The number of rotatable bonds is 4. The largest absolute Gasteiger partial charge is 0.363 e. The Morgan fingerprint density at radius 1 is 1.15 bits per heavy atom. The molecule has 0 radical (unpaired) electrons. The van der Waals surface area contributed by atoms with Crippen molar-refractivity contribution in [1.29, 1.82) is 0 Å². The number of halogens is 1. The normalized spacial score (nSPS) is 15.0. The first-order chi connectivity index (χ1) is 12.7. The molecule has 1 aliphatic heterocycles. The van der Waals surface area contributed by atoms with E-state index in [2.05, 4.69) is 32.3 Å². The van der Waals surface area contributed by atoms with Crippen LogP contribution in [0.1, 0.15) is 24.1 Å². The molecule has 1 saturated heterocycles. The van der Waals surface area contributed by atoms with E-state index in [1.807, 2.05) is 30.5 Å². The van der Waals surface area contributed by atoms with E-state index in [0.717, 1.165) is 23.5 Å². The van der Waals surface area contributed by atoms with Crippen LogP contribution in [0.4, 0.5) is 5.00 Å². The van der Waals surface area contributed by atoms with E-state index in [9.17, 15) is 0 Å². The predicted molar refractivity (Wildman–Crippen MR) is 111 cm³/mol. The molecular formula is C18H18ClN5S2. The molecule has 8 heteroatoms. The lowest BCUT2D eigenvalue weighted by molar-refractivity contribution is 0.580. The molecule has 2 aromatic heterocycles. The molecule has 1 aromatic carbocycles. The third-order valence-electron chi connectivity index (χ3n) is 4.35. The van der Waals surface area contributed by atoms with Gasteiger partial charge in [0.25, 0.3) is 0 Å². The molecule has 0 aliphatic carbocycles. The van der Waals surface area contributed by atoms with Crippen LogP contribution in [-0.2, 0) is 0 Å². The van der Waals surface area contributed by atoms with Crippen LogP contribution < -0.4 is 4.90 Å². The maximum Gasteiger partial charge on any atom is 0.216 e. The monoisotopic (exact) mass is 403 g/mol. The number of thiophene rings is 1. The summed E-state index contributed by atoms with van der Waals surface area (Å²) in [6, 6.07) is 11.8. The Balaban J connectivity index is 1.60. The molecule has 5 nitrogen and oxygen atoms in total. The number of nitrogens with one attached hydrogen (secondary N) is 1. The molecule has 3 heterocycles. The van der Waals surface area contributed by atoms with Gasteiger partial charge < -0.3 is 4.90 Å². The highest BCUT2D eigenvalue weighted by molar-refractivity contribution is 7.71. The Hall–Kier alpha value is -1.96. The quantitative estimate of drug-likeness (QED) is 0.481. The van der Waals surface area contributed by atoms with Crippen molar-refractivity contribution in [3.63, 3.8) is 0 Å². The fraction of sp³-hybridized carbons (Fsp3) is 0.278. The molecule has 0 bridgehead atoms. The summed E-state index contributed by atoms with van der Waals surface area (Å²) in [5.74, 6) is 0.602. The zero-order chi connectivity index (χ0) is 17.9. The molecule has 0 unspecified atom stereocenters. The first-order valence-electron chi connectivity index (χ1n) is 8.54. The van der Waals surface area contributed by atoms with Crippen molar-refractivity contribution in [2.75, 3.05) is 18.0 Å². The van der Waals surface area contributed by atoms with E-state index >= 15 is 0 Å². The lowest BCUT2D eigenvalue weighted by atomic mass is 10.1. The molecule has 26 heavy (non-hydrogen) atoms. The molecule has 0 atom stereocenters. The predicted octanol–water partition coefficient (Wildman–Crippen LogP) is 5.20. The first-order valence-corrected chi connectivity index (χ1v) is 10.1. The SMILES string of the molecule is S=c1[nH]nc(-c2ccccc2Cl)n1/N=C\c1ccc(N2CCCCC2)s1. The molecule has 0 spiro atoms. The third kappa shape index (κ3) is 3.60. The van der Waals surface area contributed by atoms with Gasteiger partial charge in [0, 0.05) is 23.5 Å². The number of aromatic amines is 1. The van der Waals surface area contributed by atoms with E-state index in [-0.39, 0.29) is 0 Å². The summed E-state index contributed by atoms with van der Waals surface area (Å²) in [4.78, 5) is 3.53. The summed E-state index contributed by atoms with van der Waals surface area (Å²) in [5.41, 5.74) is 0.791. The van der Waals surface area contributed by atoms with Gasteiger partial charge in [0.1, 0.15) is 0 Å². The lowest BCUT2D eigenvalue weighted by Crippen LogP contribution is -2.28. The van der Waals surface area contributed by atoms with Crippen molar-refractivity contribution >= 4 is 46.4 Å². The summed E-state index contributed by atoms with van der Waals surface area (Å²) in [7, 11) is 0. The van der Waals surface area contributed by atoms with Crippen LogP contribution in [0.3, 0.4) is 0 Å². The Morgan fingerprint density at radius 3 is 2.77 bits per heavy atom. The fourth-order valence-corrected chi connectivity index (χ4v) is 4.35. The summed E-state index contributed by atoms with van der Waals surface area (Å²) in [5, 5.41) is 13.5. The van der Waals surface area contributed by atoms with Gasteiger partial charge in [0.05, 0.1) is 16.2 Å². The average molecular weight is 404 g/mol. The smallest absolute Gasteiger partial charge is 0.216 e. The van der Waals surface area contributed by atoms with Crippen LogP contribution >= 0.6 is 35.2 Å². The van der Waals surface area contributed by atoms with Crippen molar-refractivity contribution in [3.8, 4) is 11.4 Å². The Kier molecular flexibility index (Phi) is 5.19. The highest BCUT2D eigenvalue weighted by Crippen LogP contribution is 2.28. The van der Waals surface area contributed by atoms with Crippen LogP contribution in [-0.4, -0.2) is 34.2 Å². The Bertz CT molecular complexity index is 981. The number of hydrogen-bond acceptors (Lipinski definition) is 5. The maximum atomic E-state index is 6.29. The van der Waals surface area contributed by atoms with E-state index in [0.29, 0.717) is 15.6 Å². The number of aromatic nitrogens is 3. The zero-order valence-electron chi connectivity index (χ0n) is 14.1. The van der Waals surface area contributed by atoms with Gasteiger partial charge in [-0.15, -0.1) is 11.3 Å². The van der Waals surface area contributed by atoms with Crippen LogP contribution in [0, 0.1) is 4.77 Å². The van der Waals surface area contributed by atoms with Crippen molar-refractivity contribution in [2.45, 2.75) is 19.3 Å². The maximum absolute atomic E-state index is 6.29. The van der Waals surface area contributed by atoms with Gasteiger partial charge in [0.2, 0.25) is 4.77 Å². The second-order valence-corrected chi connectivity index (χ2v) is 8.00. The molecule has 1 fully saturated rings. The van der Waals surface area contributed by atoms with E-state index in [1.165, 1.54) is 24.3 Å². The minimum Gasteiger partial charge on any atom is -0.363 e. The van der Waals surface area contributed by atoms with Gasteiger partial charge in [-0.3, -0.25) is 0 Å². The second kappa shape index (κ2) is 7.73.